The second-order valence-electron chi connectivity index (χ2n) is 8.70. The molecule has 0 unspecified atom stereocenters. The molecular weight excluding hydrogens is 658 g/mol. The number of halogens is 3. The van der Waals surface area contributed by atoms with E-state index < -0.39 is 27.7 Å². The molecule has 3 aromatic carbocycles. The molecule has 3 rings (SSSR count). The van der Waals surface area contributed by atoms with Crippen molar-refractivity contribution < 1.29 is 44.9 Å². The number of aliphatic hydroxyl groups is 6. The molecule has 0 heterocycles. The summed E-state index contributed by atoms with van der Waals surface area (Å²) in [5, 5.41) is 77.4. The molecule has 0 bridgehead atoms. The highest BCUT2D eigenvalue weighted by Gasteiger charge is 2.08. The number of nitrogens with one attached hydrogen (secondary N) is 2. The summed E-state index contributed by atoms with van der Waals surface area (Å²) >= 11 is 0. The van der Waals surface area contributed by atoms with Gasteiger partial charge < -0.3 is 52.7 Å². The number of rotatable bonds is 12. The van der Waals surface area contributed by atoms with Crippen molar-refractivity contribution in [1.82, 2.24) is 0 Å². The molecule has 3 aromatic rings. The van der Waals surface area contributed by atoms with E-state index in [2.05, 4.69) is 10.6 Å². The maximum absolute atomic E-state index is 12.1. The summed E-state index contributed by atoms with van der Waals surface area (Å²) in [6.07, 6.45) is 0. The zero-order chi connectivity index (χ0) is 33.5. The molecule has 19 heteroatoms. The predicted octanol–water partition coefficient (Wildman–Crippen LogP) is 1.27. The summed E-state index contributed by atoms with van der Waals surface area (Å²) in [5.41, 5.74) is 12.5. The molecule has 46 heavy (non-hydrogen) atoms. The number of anilines is 3. The van der Waals surface area contributed by atoms with Crippen LogP contribution in [0.1, 0.15) is 0 Å². The monoisotopic (exact) mass is 698 g/mol. The summed E-state index contributed by atoms with van der Waals surface area (Å²) in [7, 11) is 0. The van der Waals surface area contributed by atoms with E-state index >= 15 is 0 Å². The molecule has 260 valence electrons. The Labute approximate surface area is 276 Å². The first-order valence-electron chi connectivity index (χ1n) is 12.9. The molecule has 16 nitrogen and oxygen atoms in total. The number of nitro benzene ring substituents is 2. The van der Waals surface area contributed by atoms with E-state index in [1.807, 2.05) is 0 Å². The van der Waals surface area contributed by atoms with E-state index in [1.54, 1.807) is 24.3 Å². The van der Waals surface area contributed by atoms with Crippen LogP contribution in [0.4, 0.5) is 32.8 Å². The van der Waals surface area contributed by atoms with Gasteiger partial charge in [-0.1, -0.05) is 0 Å². The highest BCUT2D eigenvalue weighted by molar-refractivity contribution is 5.85. The van der Waals surface area contributed by atoms with Crippen LogP contribution in [0.5, 0.6) is 0 Å². The zero-order valence-electron chi connectivity index (χ0n) is 24.5. The topological polar surface area (TPSA) is 284 Å². The minimum absolute atomic E-state index is 0. The third-order valence-electron chi connectivity index (χ3n) is 5.12. The minimum Gasteiger partial charge on any atom is -0.399 e. The van der Waals surface area contributed by atoms with Gasteiger partial charge in [0.25, 0.3) is 11.4 Å². The van der Waals surface area contributed by atoms with E-state index in [0.717, 1.165) is 30.0 Å². The Morgan fingerprint density at radius 2 is 0.913 bits per heavy atom. The lowest BCUT2D eigenvalue weighted by Crippen LogP contribution is -2.27. The molecule has 0 radical (unpaired) electrons. The van der Waals surface area contributed by atoms with Crippen molar-refractivity contribution in [2.45, 2.75) is 18.1 Å². The third-order valence-corrected chi connectivity index (χ3v) is 5.12. The van der Waals surface area contributed by atoms with E-state index in [-0.39, 0.29) is 81.9 Å². The lowest BCUT2D eigenvalue weighted by atomic mass is 10.2. The number of non-ortho nitro benzene ring substituents is 2. The molecule has 0 atom stereocenters. The Kier molecular flexibility index (Phi) is 27.7. The Balaban J connectivity index is -0.000000551. The van der Waals surface area contributed by atoms with Crippen molar-refractivity contribution >= 4 is 53.3 Å². The largest absolute Gasteiger partial charge is 0.399 e. The SMILES string of the molecule is Cl.Cl.NC(CO)CO.Nc1ccc(NC(CO)CO)cc1.O=[N+]([O-])c1ccc(F)cc1.O=[N+]([O-])c1ccc(NC(CO)CO)cc1. The van der Waals surface area contributed by atoms with Gasteiger partial charge in [-0.15, -0.1) is 24.8 Å². The summed E-state index contributed by atoms with van der Waals surface area (Å²) in [4.78, 5) is 19.3. The Bertz CT molecular complexity index is 1190. The van der Waals surface area contributed by atoms with Crippen LogP contribution in [0.3, 0.4) is 0 Å². The summed E-state index contributed by atoms with van der Waals surface area (Å²) < 4.78 is 12.1. The van der Waals surface area contributed by atoms with Crippen LogP contribution in [-0.4, -0.2) is 98.3 Å². The van der Waals surface area contributed by atoms with E-state index in [1.165, 1.54) is 24.3 Å². The van der Waals surface area contributed by atoms with Crippen molar-refractivity contribution in [3.8, 4) is 0 Å². The number of benzene rings is 3. The quantitative estimate of drug-likeness (QED) is 0.0724. The summed E-state index contributed by atoms with van der Waals surface area (Å²) in [6.45, 7) is -0.879. The van der Waals surface area contributed by atoms with Crippen molar-refractivity contribution in [2.24, 2.45) is 5.73 Å². The molecule has 0 amide bonds. The fourth-order valence-corrected chi connectivity index (χ4v) is 2.65. The van der Waals surface area contributed by atoms with Crippen LogP contribution in [0, 0.1) is 26.0 Å². The van der Waals surface area contributed by atoms with Gasteiger partial charge in [0.1, 0.15) is 5.82 Å². The van der Waals surface area contributed by atoms with Gasteiger partial charge in [0, 0.05) is 41.3 Å². The predicted molar refractivity (Wildman–Crippen MR) is 177 cm³/mol. The average molecular weight is 700 g/mol. The second kappa shape index (κ2) is 27.4. The van der Waals surface area contributed by atoms with E-state index in [4.69, 9.17) is 42.1 Å². The first-order valence-corrected chi connectivity index (χ1v) is 12.9. The van der Waals surface area contributed by atoms with Gasteiger partial charge in [-0.3, -0.25) is 20.2 Å². The van der Waals surface area contributed by atoms with Crippen LogP contribution in [0.15, 0.2) is 72.8 Å². The standard InChI is InChI=1S/C9H12N2O4.C9H14N2O2.C6H4FNO2.C3H9NO2.2ClH/c12-5-8(6-13)10-7-1-3-9(4-2-7)11(14)15;10-7-1-3-8(4-2-7)11-9(5-12)6-13;7-5-1-3-6(4-2-5)8(9)10;4-3(1-5)2-6;;/h1-4,8,10,12-13H,5-6H2;1-4,9,11-13H,5-6,10H2;1-4H;3,5-6H,1-2,4H2;2*1H. The lowest BCUT2D eigenvalue weighted by Gasteiger charge is -2.14. The Morgan fingerprint density at radius 3 is 1.17 bits per heavy atom. The number of nitrogens with two attached hydrogens (primary N) is 2. The molecule has 0 aliphatic heterocycles. The van der Waals surface area contributed by atoms with E-state index in [9.17, 15) is 24.6 Å². The maximum Gasteiger partial charge on any atom is 0.269 e. The molecule has 0 aliphatic rings. The number of nitro groups is 2. The number of hydrogen-bond acceptors (Lipinski definition) is 14. The number of nitrogens with zero attached hydrogens (tertiary/aromatic N) is 2. The molecule has 12 N–H and O–H groups in total. The first kappa shape index (κ1) is 46.5. The third kappa shape index (κ3) is 20.9. The molecule has 0 saturated carbocycles. The van der Waals surface area contributed by atoms with Crippen molar-refractivity contribution in [1.29, 1.82) is 0 Å². The Morgan fingerprint density at radius 1 is 0.609 bits per heavy atom. The normalized spacial score (nSPS) is 9.63. The van der Waals surface area contributed by atoms with Crippen LogP contribution in [0.25, 0.3) is 0 Å². The summed E-state index contributed by atoms with van der Waals surface area (Å²) in [5.74, 6) is -0.467. The Hall–Kier alpha value is -3.91. The average Bonchev–Trinajstić information content (AvgIpc) is 3.04. The van der Waals surface area contributed by atoms with Gasteiger partial charge in [0.15, 0.2) is 0 Å². The molecule has 0 spiro atoms. The van der Waals surface area contributed by atoms with Crippen LogP contribution >= 0.6 is 24.8 Å². The highest BCUT2D eigenvalue weighted by atomic mass is 35.5. The van der Waals surface area contributed by atoms with Crippen LogP contribution in [0.2, 0.25) is 0 Å². The van der Waals surface area contributed by atoms with Gasteiger partial charge in [-0.05, 0) is 48.5 Å². The maximum atomic E-state index is 12.1. The number of aliphatic hydroxyl groups excluding tert-OH is 6. The molecule has 0 saturated heterocycles. The fourth-order valence-electron chi connectivity index (χ4n) is 2.65. The molecule has 0 aliphatic carbocycles. The van der Waals surface area contributed by atoms with Crippen LogP contribution in [-0.2, 0) is 0 Å². The van der Waals surface area contributed by atoms with Crippen molar-refractivity contribution in [3.05, 3.63) is 98.8 Å². The fraction of sp³-hybridized carbons (Fsp3) is 0.333. The van der Waals surface area contributed by atoms with Gasteiger partial charge in [-0.2, -0.15) is 0 Å². The smallest absolute Gasteiger partial charge is 0.269 e. The van der Waals surface area contributed by atoms with Gasteiger partial charge in [0.2, 0.25) is 0 Å². The molecular formula is C27H41Cl2FN6O10. The minimum atomic E-state index is -0.570. The number of nitrogen functional groups attached to an aromatic ring is 1. The van der Waals surface area contributed by atoms with Crippen molar-refractivity contribution in [2.75, 3.05) is 56.0 Å². The molecule has 0 aromatic heterocycles. The van der Waals surface area contributed by atoms with Gasteiger partial charge in [0.05, 0.1) is 67.6 Å². The lowest BCUT2D eigenvalue weighted by molar-refractivity contribution is -0.385. The van der Waals surface area contributed by atoms with Crippen LogP contribution < -0.4 is 22.1 Å². The summed E-state index contributed by atoms with van der Waals surface area (Å²) in [6, 6.07) is 16.0. The van der Waals surface area contributed by atoms with Gasteiger partial charge in [-0.25, -0.2) is 4.39 Å². The zero-order valence-corrected chi connectivity index (χ0v) is 26.1. The highest BCUT2D eigenvalue weighted by Crippen LogP contribution is 2.16. The number of hydrogen-bond donors (Lipinski definition) is 10. The van der Waals surface area contributed by atoms with E-state index in [0.29, 0.717) is 11.4 Å². The van der Waals surface area contributed by atoms with Gasteiger partial charge >= 0.3 is 0 Å². The van der Waals surface area contributed by atoms with Crippen molar-refractivity contribution in [3.63, 3.8) is 0 Å². The second-order valence-corrected chi connectivity index (χ2v) is 8.70. The first-order chi connectivity index (χ1) is 20.9. The molecule has 0 fully saturated rings.